The Kier molecular flexibility index (Phi) is 3.95. The van der Waals surface area contributed by atoms with Crippen LogP contribution < -0.4 is 5.32 Å². The number of benzene rings is 1. The van der Waals surface area contributed by atoms with Gasteiger partial charge in [0, 0.05) is 12.0 Å². The van der Waals surface area contributed by atoms with Crippen LogP contribution in [0.1, 0.15) is 56.4 Å². The summed E-state index contributed by atoms with van der Waals surface area (Å²) in [6.45, 7) is 0. The molecule has 2 fully saturated rings. The zero-order valence-corrected chi connectivity index (χ0v) is 11.8. The Balaban J connectivity index is 1.53. The van der Waals surface area contributed by atoms with E-state index < -0.39 is 0 Å². The molecule has 1 amide bonds. The van der Waals surface area contributed by atoms with Gasteiger partial charge in [0.25, 0.3) is 0 Å². The number of hydrogen-bond acceptors (Lipinski definition) is 2. The number of phenols is 1. The van der Waals surface area contributed by atoms with Crippen LogP contribution in [0.3, 0.4) is 0 Å². The number of hydrogen-bond donors (Lipinski definition) is 2. The van der Waals surface area contributed by atoms with Crippen LogP contribution in [0.5, 0.6) is 5.75 Å². The average Bonchev–Trinajstić information content (AvgIpc) is 3.23. The minimum Gasteiger partial charge on any atom is -0.508 e. The van der Waals surface area contributed by atoms with Gasteiger partial charge in [0.05, 0.1) is 0 Å². The normalized spacial score (nSPS) is 26.8. The maximum atomic E-state index is 12.3. The van der Waals surface area contributed by atoms with Gasteiger partial charge in [0.2, 0.25) is 5.91 Å². The molecule has 1 aromatic rings. The lowest BCUT2D eigenvalue weighted by atomic mass is 10.1. The van der Waals surface area contributed by atoms with E-state index in [9.17, 15) is 9.90 Å². The fraction of sp³-hybridized carbons (Fsp3) is 0.588. The summed E-state index contributed by atoms with van der Waals surface area (Å²) in [5, 5.41) is 12.5. The van der Waals surface area contributed by atoms with Gasteiger partial charge in [-0.2, -0.15) is 0 Å². The Bertz CT molecular complexity index is 460. The van der Waals surface area contributed by atoms with Crippen LogP contribution in [-0.2, 0) is 4.79 Å². The summed E-state index contributed by atoms with van der Waals surface area (Å²) >= 11 is 0. The predicted molar refractivity (Wildman–Crippen MR) is 78.6 cm³/mol. The van der Waals surface area contributed by atoms with E-state index in [4.69, 9.17) is 0 Å². The van der Waals surface area contributed by atoms with Crippen molar-refractivity contribution in [2.45, 2.75) is 56.9 Å². The third-order valence-corrected chi connectivity index (χ3v) is 4.65. The molecule has 0 saturated heterocycles. The minimum absolute atomic E-state index is 0.141. The Morgan fingerprint density at radius 2 is 1.70 bits per heavy atom. The Morgan fingerprint density at radius 3 is 2.35 bits per heavy atom. The van der Waals surface area contributed by atoms with Crippen molar-refractivity contribution >= 4 is 5.91 Å². The van der Waals surface area contributed by atoms with E-state index in [1.807, 2.05) is 12.1 Å². The second kappa shape index (κ2) is 5.86. The first-order valence-electron chi connectivity index (χ1n) is 7.83. The van der Waals surface area contributed by atoms with Gasteiger partial charge in [-0.3, -0.25) is 4.79 Å². The standard InChI is InChI=1S/C17H23NO2/c19-14-9-7-12(8-10-14)15-11-16(15)17(20)18-13-5-3-1-2-4-6-13/h7-10,13,15-16,19H,1-6,11H2,(H,18,20). The van der Waals surface area contributed by atoms with Crippen LogP contribution in [-0.4, -0.2) is 17.1 Å². The van der Waals surface area contributed by atoms with Crippen LogP contribution in [0.15, 0.2) is 24.3 Å². The van der Waals surface area contributed by atoms with Crippen LogP contribution in [0.25, 0.3) is 0 Å². The summed E-state index contributed by atoms with van der Waals surface area (Å²) in [7, 11) is 0. The first-order chi connectivity index (χ1) is 9.74. The summed E-state index contributed by atoms with van der Waals surface area (Å²) in [6, 6.07) is 7.66. The molecule has 108 valence electrons. The molecule has 2 unspecified atom stereocenters. The van der Waals surface area contributed by atoms with Crippen molar-refractivity contribution in [3.05, 3.63) is 29.8 Å². The van der Waals surface area contributed by atoms with Gasteiger partial charge in [-0.05, 0) is 42.9 Å². The molecule has 2 aliphatic rings. The molecule has 3 nitrogen and oxygen atoms in total. The quantitative estimate of drug-likeness (QED) is 0.830. The summed E-state index contributed by atoms with van der Waals surface area (Å²) in [5.74, 6) is 1.01. The lowest BCUT2D eigenvalue weighted by molar-refractivity contribution is -0.123. The highest BCUT2D eigenvalue weighted by Crippen LogP contribution is 2.47. The van der Waals surface area contributed by atoms with Gasteiger partial charge < -0.3 is 10.4 Å². The predicted octanol–water partition coefficient (Wildman–Crippen LogP) is 3.33. The van der Waals surface area contributed by atoms with Crippen molar-refractivity contribution in [1.29, 1.82) is 0 Å². The van der Waals surface area contributed by atoms with Gasteiger partial charge in [0.15, 0.2) is 0 Å². The van der Waals surface area contributed by atoms with Gasteiger partial charge in [0.1, 0.15) is 5.75 Å². The lowest BCUT2D eigenvalue weighted by Gasteiger charge is -2.16. The Morgan fingerprint density at radius 1 is 1.05 bits per heavy atom. The van der Waals surface area contributed by atoms with Gasteiger partial charge in [-0.1, -0.05) is 37.8 Å². The van der Waals surface area contributed by atoms with Crippen molar-refractivity contribution in [1.82, 2.24) is 5.32 Å². The molecular formula is C17H23NO2. The van der Waals surface area contributed by atoms with Gasteiger partial charge in [-0.15, -0.1) is 0 Å². The number of nitrogens with one attached hydrogen (secondary N) is 1. The van der Waals surface area contributed by atoms with E-state index in [1.54, 1.807) is 12.1 Å². The maximum Gasteiger partial charge on any atom is 0.223 e. The van der Waals surface area contributed by atoms with E-state index in [1.165, 1.54) is 31.2 Å². The SMILES string of the molecule is O=C(NC1CCCCCC1)C1CC1c1ccc(O)cc1. The molecule has 0 aliphatic heterocycles. The van der Waals surface area contributed by atoms with Crippen LogP contribution in [0.4, 0.5) is 0 Å². The summed E-state index contributed by atoms with van der Waals surface area (Å²) in [5.41, 5.74) is 1.17. The highest BCUT2D eigenvalue weighted by molar-refractivity contribution is 5.83. The average molecular weight is 273 g/mol. The number of carbonyl (C=O) groups excluding carboxylic acids is 1. The topological polar surface area (TPSA) is 49.3 Å². The molecule has 0 bridgehead atoms. The first kappa shape index (κ1) is 13.5. The highest BCUT2D eigenvalue weighted by atomic mass is 16.3. The number of rotatable bonds is 3. The summed E-state index contributed by atoms with van der Waals surface area (Å²) < 4.78 is 0. The largest absolute Gasteiger partial charge is 0.508 e. The van der Waals surface area contributed by atoms with Crippen molar-refractivity contribution < 1.29 is 9.90 Å². The van der Waals surface area contributed by atoms with E-state index in [2.05, 4.69) is 5.32 Å². The molecule has 0 aromatic heterocycles. The van der Waals surface area contributed by atoms with Gasteiger partial charge >= 0.3 is 0 Å². The number of carbonyl (C=O) groups is 1. The molecule has 1 aromatic carbocycles. The zero-order chi connectivity index (χ0) is 13.9. The molecular weight excluding hydrogens is 250 g/mol. The Labute approximate surface area is 120 Å². The number of aromatic hydroxyl groups is 1. The van der Waals surface area contributed by atoms with Crippen molar-refractivity contribution in [2.75, 3.05) is 0 Å². The fourth-order valence-electron chi connectivity index (χ4n) is 3.31. The smallest absolute Gasteiger partial charge is 0.223 e. The molecule has 0 heterocycles. The minimum atomic E-state index is 0.141. The van der Waals surface area contributed by atoms with E-state index in [-0.39, 0.29) is 17.6 Å². The molecule has 2 saturated carbocycles. The maximum absolute atomic E-state index is 12.3. The molecule has 0 radical (unpaired) electrons. The number of phenolic OH excluding ortho intramolecular Hbond substituents is 1. The molecule has 2 aliphatic carbocycles. The third-order valence-electron chi connectivity index (χ3n) is 4.65. The third kappa shape index (κ3) is 3.14. The van der Waals surface area contributed by atoms with Gasteiger partial charge in [-0.25, -0.2) is 0 Å². The second-order valence-electron chi connectivity index (χ2n) is 6.24. The van der Waals surface area contributed by atoms with E-state index >= 15 is 0 Å². The van der Waals surface area contributed by atoms with Crippen molar-refractivity contribution in [3.8, 4) is 5.75 Å². The van der Waals surface area contributed by atoms with Crippen LogP contribution >= 0.6 is 0 Å². The second-order valence-corrected chi connectivity index (χ2v) is 6.24. The first-order valence-corrected chi connectivity index (χ1v) is 7.83. The van der Waals surface area contributed by atoms with Crippen LogP contribution in [0.2, 0.25) is 0 Å². The van der Waals surface area contributed by atoms with Crippen LogP contribution in [0, 0.1) is 5.92 Å². The van der Waals surface area contributed by atoms with Crippen molar-refractivity contribution in [3.63, 3.8) is 0 Å². The molecule has 3 rings (SSSR count). The molecule has 3 heteroatoms. The van der Waals surface area contributed by atoms with E-state index in [0.29, 0.717) is 12.0 Å². The fourth-order valence-corrected chi connectivity index (χ4v) is 3.31. The molecule has 0 spiro atoms. The summed E-state index contributed by atoms with van der Waals surface area (Å²) in [6.07, 6.45) is 8.35. The van der Waals surface area contributed by atoms with E-state index in [0.717, 1.165) is 19.3 Å². The Hall–Kier alpha value is -1.51. The molecule has 2 atom stereocenters. The highest BCUT2D eigenvalue weighted by Gasteiger charge is 2.44. The number of amides is 1. The summed E-state index contributed by atoms with van der Waals surface area (Å²) in [4.78, 5) is 12.3. The molecule has 2 N–H and O–H groups in total. The lowest BCUT2D eigenvalue weighted by Crippen LogP contribution is -2.35. The zero-order valence-electron chi connectivity index (χ0n) is 11.8. The monoisotopic (exact) mass is 273 g/mol. The molecule has 20 heavy (non-hydrogen) atoms. The van der Waals surface area contributed by atoms with Crippen molar-refractivity contribution in [2.24, 2.45) is 5.92 Å².